The molecule has 0 aliphatic heterocycles. The van der Waals surface area contributed by atoms with Gasteiger partial charge in [-0.05, 0) is 5.56 Å². The molecule has 0 bridgehead atoms. The van der Waals surface area contributed by atoms with Crippen LogP contribution < -0.4 is 0 Å². The lowest BCUT2D eigenvalue weighted by molar-refractivity contribution is 0.105. The number of allylic oxidation sites excluding steroid dienone is 1. The van der Waals surface area contributed by atoms with Gasteiger partial charge in [0.2, 0.25) is 0 Å². The largest absolute Gasteiger partial charge is 0.515 e. The molecule has 17 heavy (non-hydrogen) atoms. The Morgan fingerprint density at radius 1 is 0.824 bits per heavy atom. The van der Waals surface area contributed by atoms with Crippen molar-refractivity contribution in [3.8, 4) is 0 Å². The summed E-state index contributed by atoms with van der Waals surface area (Å²) in [5, 5.41) is 9.23. The van der Waals surface area contributed by atoms with Gasteiger partial charge in [0.15, 0.2) is 5.78 Å². The number of ketones is 1. The first kappa shape index (κ1) is 11.1. The molecule has 0 saturated carbocycles. The molecular formula is C15H12O2. The molecule has 0 spiro atoms. The minimum absolute atomic E-state index is 0.181. The summed E-state index contributed by atoms with van der Waals surface area (Å²) in [6.45, 7) is 0. The molecule has 0 unspecified atom stereocenters. The van der Waals surface area contributed by atoms with E-state index in [1.165, 1.54) is 0 Å². The van der Waals surface area contributed by atoms with Gasteiger partial charge in [0.1, 0.15) is 0 Å². The van der Waals surface area contributed by atoms with Crippen LogP contribution in [0.3, 0.4) is 0 Å². The highest BCUT2D eigenvalue weighted by molar-refractivity contribution is 6.28. The maximum atomic E-state index is 12.1. The van der Waals surface area contributed by atoms with Crippen LogP contribution in [0.4, 0.5) is 0 Å². The Morgan fingerprint density at radius 3 is 1.76 bits per heavy atom. The van der Waals surface area contributed by atoms with Crippen LogP contribution in [0.15, 0.2) is 66.9 Å². The van der Waals surface area contributed by atoms with Crippen molar-refractivity contribution in [3.63, 3.8) is 0 Å². The monoisotopic (exact) mass is 224 g/mol. The number of aliphatic hydroxyl groups excluding tert-OH is 1. The molecule has 0 atom stereocenters. The van der Waals surface area contributed by atoms with Crippen LogP contribution in [0.2, 0.25) is 0 Å². The zero-order chi connectivity index (χ0) is 12.1. The van der Waals surface area contributed by atoms with Crippen LogP contribution in [0.1, 0.15) is 15.9 Å². The summed E-state index contributed by atoms with van der Waals surface area (Å²) in [7, 11) is 0. The van der Waals surface area contributed by atoms with Gasteiger partial charge in [0, 0.05) is 5.56 Å². The van der Waals surface area contributed by atoms with Crippen molar-refractivity contribution in [1.29, 1.82) is 0 Å². The normalized spacial score (nSPS) is 11.2. The Balaban J connectivity index is 2.37. The SMILES string of the molecule is O=C(/C(=C\O)c1ccccc1)c1ccccc1. The van der Waals surface area contributed by atoms with Crippen LogP contribution in [0, 0.1) is 0 Å². The van der Waals surface area contributed by atoms with Gasteiger partial charge >= 0.3 is 0 Å². The Hall–Kier alpha value is -2.35. The highest BCUT2D eigenvalue weighted by atomic mass is 16.2. The molecule has 2 aromatic carbocycles. The maximum Gasteiger partial charge on any atom is 0.196 e. The van der Waals surface area contributed by atoms with Gasteiger partial charge in [-0.2, -0.15) is 0 Å². The van der Waals surface area contributed by atoms with E-state index in [0.29, 0.717) is 16.7 Å². The van der Waals surface area contributed by atoms with Crippen LogP contribution in [-0.2, 0) is 0 Å². The third-order valence-electron chi connectivity index (χ3n) is 2.49. The molecule has 0 aliphatic carbocycles. The number of rotatable bonds is 3. The zero-order valence-corrected chi connectivity index (χ0v) is 9.21. The lowest BCUT2D eigenvalue weighted by atomic mass is 9.98. The number of hydrogen-bond donors (Lipinski definition) is 1. The minimum Gasteiger partial charge on any atom is -0.515 e. The smallest absolute Gasteiger partial charge is 0.196 e. The fourth-order valence-electron chi connectivity index (χ4n) is 1.63. The number of carbonyl (C=O) groups is 1. The van der Waals surface area contributed by atoms with Crippen LogP contribution in [0.25, 0.3) is 5.57 Å². The van der Waals surface area contributed by atoms with E-state index >= 15 is 0 Å². The van der Waals surface area contributed by atoms with Crippen molar-refractivity contribution in [2.75, 3.05) is 0 Å². The van der Waals surface area contributed by atoms with Gasteiger partial charge in [-0.15, -0.1) is 0 Å². The molecule has 0 fully saturated rings. The van der Waals surface area contributed by atoms with Gasteiger partial charge < -0.3 is 5.11 Å². The van der Waals surface area contributed by atoms with E-state index in [-0.39, 0.29) is 5.78 Å². The van der Waals surface area contributed by atoms with Gasteiger partial charge in [0.25, 0.3) is 0 Å². The third-order valence-corrected chi connectivity index (χ3v) is 2.49. The van der Waals surface area contributed by atoms with E-state index in [9.17, 15) is 9.90 Å². The molecule has 0 aliphatic rings. The van der Waals surface area contributed by atoms with E-state index in [1.54, 1.807) is 36.4 Å². The summed E-state index contributed by atoms with van der Waals surface area (Å²) >= 11 is 0. The molecule has 2 aromatic rings. The predicted octanol–water partition coefficient (Wildman–Crippen LogP) is 3.47. The molecule has 0 heterocycles. The molecule has 0 saturated heterocycles. The van der Waals surface area contributed by atoms with Crippen LogP contribution >= 0.6 is 0 Å². The first-order valence-corrected chi connectivity index (χ1v) is 5.32. The fourth-order valence-corrected chi connectivity index (χ4v) is 1.63. The molecule has 2 rings (SSSR count). The number of benzene rings is 2. The second-order valence-electron chi connectivity index (χ2n) is 3.60. The van der Waals surface area contributed by atoms with E-state index in [2.05, 4.69) is 0 Å². The second kappa shape index (κ2) is 5.12. The zero-order valence-electron chi connectivity index (χ0n) is 9.21. The van der Waals surface area contributed by atoms with Crippen molar-refractivity contribution < 1.29 is 9.90 Å². The Morgan fingerprint density at radius 2 is 1.29 bits per heavy atom. The lowest BCUT2D eigenvalue weighted by Gasteiger charge is -2.05. The van der Waals surface area contributed by atoms with E-state index in [1.807, 2.05) is 24.3 Å². The topological polar surface area (TPSA) is 37.3 Å². The third kappa shape index (κ3) is 2.42. The summed E-state index contributed by atoms with van der Waals surface area (Å²) in [6, 6.07) is 18.0. The van der Waals surface area contributed by atoms with Crippen LogP contribution in [-0.4, -0.2) is 10.9 Å². The molecular weight excluding hydrogens is 212 g/mol. The summed E-state index contributed by atoms with van der Waals surface area (Å²) < 4.78 is 0. The highest BCUT2D eigenvalue weighted by Gasteiger charge is 2.13. The molecule has 0 aromatic heterocycles. The Bertz CT molecular complexity index is 527. The van der Waals surface area contributed by atoms with Gasteiger partial charge in [-0.3, -0.25) is 4.79 Å². The van der Waals surface area contributed by atoms with Crippen molar-refractivity contribution in [2.45, 2.75) is 0 Å². The quantitative estimate of drug-likeness (QED) is 0.492. The maximum absolute atomic E-state index is 12.1. The first-order valence-electron chi connectivity index (χ1n) is 5.32. The Labute approximate surface area is 99.8 Å². The van der Waals surface area contributed by atoms with Gasteiger partial charge in [-0.25, -0.2) is 0 Å². The van der Waals surface area contributed by atoms with Crippen molar-refractivity contribution in [3.05, 3.63) is 78.1 Å². The predicted molar refractivity (Wildman–Crippen MR) is 67.8 cm³/mol. The van der Waals surface area contributed by atoms with E-state index in [0.717, 1.165) is 6.26 Å². The van der Waals surface area contributed by atoms with E-state index in [4.69, 9.17) is 0 Å². The summed E-state index contributed by atoms with van der Waals surface area (Å²) in [5.41, 5.74) is 1.58. The van der Waals surface area contributed by atoms with Gasteiger partial charge in [0.05, 0.1) is 11.8 Å². The first-order chi connectivity index (χ1) is 8.33. The van der Waals surface area contributed by atoms with Crippen LogP contribution in [0.5, 0.6) is 0 Å². The molecule has 0 radical (unpaired) electrons. The van der Waals surface area contributed by atoms with E-state index < -0.39 is 0 Å². The molecule has 84 valence electrons. The number of carbonyl (C=O) groups excluding carboxylic acids is 1. The summed E-state index contributed by atoms with van der Waals surface area (Å²) in [4.78, 5) is 12.1. The minimum atomic E-state index is -0.181. The molecule has 2 nitrogen and oxygen atoms in total. The van der Waals surface area contributed by atoms with Gasteiger partial charge in [-0.1, -0.05) is 60.7 Å². The Kier molecular flexibility index (Phi) is 3.36. The summed E-state index contributed by atoms with van der Waals surface area (Å²) in [5.74, 6) is -0.181. The number of aliphatic hydroxyl groups is 1. The fraction of sp³-hybridized carbons (Fsp3) is 0. The average Bonchev–Trinajstić information content (AvgIpc) is 2.42. The summed E-state index contributed by atoms with van der Waals surface area (Å²) in [6.07, 6.45) is 0.866. The van der Waals surface area contributed by atoms with Crippen molar-refractivity contribution in [2.24, 2.45) is 0 Å². The number of hydrogen-bond acceptors (Lipinski definition) is 2. The standard InChI is InChI=1S/C15H12O2/c16-11-14(12-7-3-1-4-8-12)15(17)13-9-5-2-6-10-13/h1-11,16H/b14-11-. The number of Topliss-reactive ketones (excluding diaryl/α,β-unsaturated/α-hetero) is 1. The highest BCUT2D eigenvalue weighted by Crippen LogP contribution is 2.18. The average molecular weight is 224 g/mol. The second-order valence-corrected chi connectivity index (χ2v) is 3.60. The molecule has 0 amide bonds. The molecule has 2 heteroatoms. The lowest BCUT2D eigenvalue weighted by Crippen LogP contribution is -2.02. The van der Waals surface area contributed by atoms with Crippen molar-refractivity contribution in [1.82, 2.24) is 0 Å². The van der Waals surface area contributed by atoms with Crippen molar-refractivity contribution >= 4 is 11.4 Å². The molecule has 1 N–H and O–H groups in total.